The molecule has 3 rings (SSSR count). The van der Waals surface area contributed by atoms with E-state index in [0.29, 0.717) is 11.8 Å². The van der Waals surface area contributed by atoms with Crippen molar-refractivity contribution in [1.29, 1.82) is 0 Å². The van der Waals surface area contributed by atoms with E-state index in [2.05, 4.69) is 16.7 Å². The number of nitrogens with zero attached hydrogens (tertiary/aromatic N) is 2. The minimum atomic E-state index is 0.311. The van der Waals surface area contributed by atoms with Crippen LogP contribution in [0.5, 0.6) is 0 Å². The highest BCUT2D eigenvalue weighted by atomic mass is 16.2. The maximum atomic E-state index is 12.1. The van der Waals surface area contributed by atoms with E-state index in [9.17, 15) is 4.79 Å². The lowest BCUT2D eigenvalue weighted by molar-refractivity contribution is -0.141. The highest BCUT2D eigenvalue weighted by molar-refractivity contribution is 5.80. The lowest BCUT2D eigenvalue weighted by Gasteiger charge is -2.38. The van der Waals surface area contributed by atoms with Gasteiger partial charge in [0.1, 0.15) is 0 Å². The van der Waals surface area contributed by atoms with Gasteiger partial charge in [0, 0.05) is 26.2 Å². The highest BCUT2D eigenvalue weighted by Crippen LogP contribution is 2.32. The molecule has 3 aliphatic rings. The van der Waals surface area contributed by atoms with Gasteiger partial charge in [-0.25, -0.2) is 0 Å². The highest BCUT2D eigenvalue weighted by Gasteiger charge is 2.37. The number of carbonyl (C=O) groups excluding carboxylic acids is 1. The minimum Gasteiger partial charge on any atom is -0.342 e. The zero-order valence-corrected chi connectivity index (χ0v) is 10.2. The van der Waals surface area contributed by atoms with Crippen LogP contribution in [-0.2, 0) is 4.79 Å². The van der Waals surface area contributed by atoms with Crippen LogP contribution < -0.4 is 0 Å². The Balaban J connectivity index is 1.46. The van der Waals surface area contributed by atoms with Crippen molar-refractivity contribution in [3.05, 3.63) is 0 Å². The summed E-state index contributed by atoms with van der Waals surface area (Å²) in [5.41, 5.74) is 0. The van der Waals surface area contributed by atoms with E-state index in [-0.39, 0.29) is 0 Å². The number of carbonyl (C=O) groups is 1. The van der Waals surface area contributed by atoms with Crippen LogP contribution in [0.3, 0.4) is 0 Å². The fraction of sp³-hybridized carbons (Fsp3) is 0.923. The van der Waals surface area contributed by atoms with Gasteiger partial charge in [-0.05, 0) is 37.6 Å². The van der Waals surface area contributed by atoms with E-state index in [0.717, 1.165) is 44.4 Å². The Hall–Kier alpha value is -0.570. The monoisotopic (exact) mass is 222 g/mol. The standard InChI is InChI=1S/C13H22N2O/c1-10-6-15(7-10)13(16)12-4-5-14(9-12)8-11-2-3-11/h10-12H,2-9H2,1H3/t12-/m0/s1. The summed E-state index contributed by atoms with van der Waals surface area (Å²) in [4.78, 5) is 16.7. The van der Waals surface area contributed by atoms with E-state index >= 15 is 0 Å². The summed E-state index contributed by atoms with van der Waals surface area (Å²) < 4.78 is 0. The summed E-state index contributed by atoms with van der Waals surface area (Å²) in [5.74, 6) is 2.42. The largest absolute Gasteiger partial charge is 0.342 e. The summed E-state index contributed by atoms with van der Waals surface area (Å²) in [6.07, 6.45) is 3.92. The van der Waals surface area contributed by atoms with E-state index in [1.807, 2.05) is 0 Å². The third-order valence-electron chi connectivity index (χ3n) is 4.21. The Bertz CT molecular complexity index is 282. The first-order valence-electron chi connectivity index (χ1n) is 6.73. The fourth-order valence-electron chi connectivity index (χ4n) is 3.00. The summed E-state index contributed by atoms with van der Waals surface area (Å²) >= 11 is 0. The first kappa shape index (κ1) is 10.6. The van der Waals surface area contributed by atoms with Crippen molar-refractivity contribution in [1.82, 2.24) is 9.80 Å². The Morgan fingerprint density at radius 3 is 2.56 bits per heavy atom. The van der Waals surface area contributed by atoms with Gasteiger partial charge < -0.3 is 9.80 Å². The average molecular weight is 222 g/mol. The van der Waals surface area contributed by atoms with Crippen molar-refractivity contribution in [3.8, 4) is 0 Å². The fourth-order valence-corrected chi connectivity index (χ4v) is 3.00. The number of amides is 1. The van der Waals surface area contributed by atoms with Crippen molar-refractivity contribution in [2.24, 2.45) is 17.8 Å². The topological polar surface area (TPSA) is 23.6 Å². The van der Waals surface area contributed by atoms with Crippen molar-refractivity contribution in [3.63, 3.8) is 0 Å². The van der Waals surface area contributed by atoms with E-state index < -0.39 is 0 Å². The Morgan fingerprint density at radius 2 is 1.94 bits per heavy atom. The summed E-state index contributed by atoms with van der Waals surface area (Å²) in [6.45, 7) is 7.64. The Labute approximate surface area is 97.8 Å². The second-order valence-electron chi connectivity index (χ2n) is 6.04. The molecule has 1 amide bonds. The van der Waals surface area contributed by atoms with Crippen molar-refractivity contribution in [2.75, 3.05) is 32.7 Å². The number of rotatable bonds is 3. The molecule has 2 heterocycles. The molecule has 0 radical (unpaired) electrons. The molecule has 1 saturated carbocycles. The molecule has 1 aliphatic carbocycles. The summed E-state index contributed by atoms with van der Waals surface area (Å²) in [6, 6.07) is 0. The first-order valence-corrected chi connectivity index (χ1v) is 6.73. The van der Waals surface area contributed by atoms with Gasteiger partial charge in [-0.3, -0.25) is 4.79 Å². The van der Waals surface area contributed by atoms with Crippen molar-refractivity contribution < 1.29 is 4.79 Å². The SMILES string of the molecule is CC1CN(C(=O)[C@H]2CCN(CC3CC3)C2)C1. The molecule has 0 aromatic carbocycles. The quantitative estimate of drug-likeness (QED) is 0.716. The van der Waals surface area contributed by atoms with Gasteiger partial charge in [0.25, 0.3) is 0 Å². The Kier molecular flexibility index (Phi) is 2.66. The lowest BCUT2D eigenvalue weighted by Crippen LogP contribution is -2.51. The van der Waals surface area contributed by atoms with Crippen molar-refractivity contribution >= 4 is 5.91 Å². The minimum absolute atomic E-state index is 0.311. The molecule has 0 bridgehead atoms. The maximum absolute atomic E-state index is 12.1. The van der Waals surface area contributed by atoms with Gasteiger partial charge >= 0.3 is 0 Å². The smallest absolute Gasteiger partial charge is 0.227 e. The first-order chi connectivity index (χ1) is 7.72. The molecule has 0 N–H and O–H groups in total. The van der Waals surface area contributed by atoms with Crippen LogP contribution in [0, 0.1) is 17.8 Å². The van der Waals surface area contributed by atoms with Crippen LogP contribution >= 0.6 is 0 Å². The Morgan fingerprint density at radius 1 is 1.19 bits per heavy atom. The molecule has 0 spiro atoms. The van der Waals surface area contributed by atoms with Crippen LogP contribution in [0.4, 0.5) is 0 Å². The van der Waals surface area contributed by atoms with Crippen LogP contribution in [0.1, 0.15) is 26.2 Å². The molecule has 3 fully saturated rings. The third-order valence-corrected chi connectivity index (χ3v) is 4.21. The zero-order valence-electron chi connectivity index (χ0n) is 10.2. The molecule has 0 aromatic heterocycles. The second kappa shape index (κ2) is 4.02. The molecular formula is C13H22N2O. The van der Waals surface area contributed by atoms with E-state index in [1.165, 1.54) is 19.4 Å². The van der Waals surface area contributed by atoms with Gasteiger partial charge in [0.15, 0.2) is 0 Å². The molecule has 1 atom stereocenters. The molecule has 3 heteroatoms. The average Bonchev–Trinajstić information content (AvgIpc) is 2.89. The summed E-state index contributed by atoms with van der Waals surface area (Å²) in [5, 5.41) is 0. The molecule has 16 heavy (non-hydrogen) atoms. The van der Waals surface area contributed by atoms with Crippen LogP contribution in [-0.4, -0.2) is 48.4 Å². The third kappa shape index (κ3) is 2.10. The molecule has 0 aromatic rings. The van der Waals surface area contributed by atoms with Gasteiger partial charge in [-0.2, -0.15) is 0 Å². The molecule has 0 unspecified atom stereocenters. The summed E-state index contributed by atoms with van der Waals surface area (Å²) in [7, 11) is 0. The van der Waals surface area contributed by atoms with E-state index in [4.69, 9.17) is 0 Å². The predicted octanol–water partition coefficient (Wildman–Crippen LogP) is 1.20. The van der Waals surface area contributed by atoms with Crippen LogP contribution in [0.15, 0.2) is 0 Å². The lowest BCUT2D eigenvalue weighted by atomic mass is 9.98. The molecular weight excluding hydrogens is 200 g/mol. The molecule has 3 nitrogen and oxygen atoms in total. The zero-order chi connectivity index (χ0) is 11.1. The number of hydrogen-bond donors (Lipinski definition) is 0. The predicted molar refractivity (Wildman–Crippen MR) is 63.0 cm³/mol. The van der Waals surface area contributed by atoms with Gasteiger partial charge in [-0.15, -0.1) is 0 Å². The molecule has 2 saturated heterocycles. The second-order valence-corrected chi connectivity index (χ2v) is 6.04. The van der Waals surface area contributed by atoms with Gasteiger partial charge in [0.2, 0.25) is 5.91 Å². The normalized spacial score (nSPS) is 31.8. The van der Waals surface area contributed by atoms with Crippen LogP contribution in [0.2, 0.25) is 0 Å². The maximum Gasteiger partial charge on any atom is 0.227 e. The van der Waals surface area contributed by atoms with Crippen LogP contribution in [0.25, 0.3) is 0 Å². The van der Waals surface area contributed by atoms with Crippen molar-refractivity contribution in [2.45, 2.75) is 26.2 Å². The van der Waals surface area contributed by atoms with Gasteiger partial charge in [0.05, 0.1) is 5.92 Å². The van der Waals surface area contributed by atoms with Gasteiger partial charge in [-0.1, -0.05) is 6.92 Å². The van der Waals surface area contributed by atoms with E-state index in [1.54, 1.807) is 0 Å². The molecule has 90 valence electrons. The molecule has 2 aliphatic heterocycles. The number of hydrogen-bond acceptors (Lipinski definition) is 2. The number of likely N-dealkylation sites (tertiary alicyclic amines) is 2.